The molecule has 0 N–H and O–H groups in total. The molecule has 0 aliphatic carbocycles. The summed E-state index contributed by atoms with van der Waals surface area (Å²) in [6, 6.07) is 11.0. The third-order valence-corrected chi connectivity index (χ3v) is 3.49. The number of carbonyl (C=O) groups excluding carboxylic acids is 1. The van der Waals surface area contributed by atoms with Gasteiger partial charge in [-0.3, -0.25) is 9.48 Å². The van der Waals surface area contributed by atoms with Crippen LogP contribution in [0.15, 0.2) is 59.2 Å². The number of furan rings is 1. The molecule has 1 aromatic carbocycles. The summed E-state index contributed by atoms with van der Waals surface area (Å²) in [5, 5.41) is 4.15. The molecule has 5 nitrogen and oxygen atoms in total. The summed E-state index contributed by atoms with van der Waals surface area (Å²) in [5.74, 6) is 1.20. The molecular weight excluding hydrogens is 323 g/mol. The van der Waals surface area contributed by atoms with Crippen LogP contribution in [0.4, 0.5) is 4.39 Å². The molecule has 2 aromatic heterocycles. The zero-order valence-corrected chi connectivity index (χ0v) is 13.7. The SMILES string of the molecule is CCn1ccc(C(=O)/C=C/c2ccc(COc3ccc(F)cc3)o2)n1. The molecule has 3 rings (SSSR count). The molecule has 0 aliphatic rings. The minimum Gasteiger partial charge on any atom is -0.486 e. The number of aryl methyl sites for hydroxylation is 1. The second-order valence-electron chi connectivity index (χ2n) is 5.30. The second kappa shape index (κ2) is 7.61. The van der Waals surface area contributed by atoms with Crippen molar-refractivity contribution in [1.82, 2.24) is 9.78 Å². The Bertz CT molecular complexity index is 878. The highest BCUT2D eigenvalue weighted by molar-refractivity contribution is 6.05. The molecule has 3 aromatic rings. The average molecular weight is 340 g/mol. The number of hydrogen-bond donors (Lipinski definition) is 0. The Morgan fingerprint density at radius 2 is 2.04 bits per heavy atom. The number of allylic oxidation sites excluding steroid dienone is 1. The van der Waals surface area contributed by atoms with E-state index in [1.165, 1.54) is 18.2 Å². The fraction of sp³-hybridized carbons (Fsp3) is 0.158. The number of nitrogens with zero attached hydrogens (tertiary/aromatic N) is 2. The molecule has 0 unspecified atom stereocenters. The number of ketones is 1. The van der Waals surface area contributed by atoms with Crippen molar-refractivity contribution in [2.45, 2.75) is 20.1 Å². The standard InChI is InChI=1S/C19H17FN2O3/c1-2-22-12-11-18(21-22)19(23)10-9-16-7-8-17(25-16)13-24-15-5-3-14(20)4-6-15/h3-12H,2,13H2,1H3/b10-9+. The summed E-state index contributed by atoms with van der Waals surface area (Å²) in [5.41, 5.74) is 0.393. The Morgan fingerprint density at radius 1 is 1.24 bits per heavy atom. The van der Waals surface area contributed by atoms with Crippen molar-refractivity contribution in [2.75, 3.05) is 0 Å². The quantitative estimate of drug-likeness (QED) is 0.480. The summed E-state index contributed by atoms with van der Waals surface area (Å²) in [4.78, 5) is 12.0. The molecule has 0 fully saturated rings. The van der Waals surface area contributed by atoms with Gasteiger partial charge >= 0.3 is 0 Å². The minimum atomic E-state index is -0.314. The molecule has 0 spiro atoms. The number of hydrogen-bond acceptors (Lipinski definition) is 4. The predicted octanol–water partition coefficient (Wildman–Crippen LogP) is 4.11. The number of rotatable bonds is 7. The van der Waals surface area contributed by atoms with Gasteiger partial charge in [0.15, 0.2) is 0 Å². The van der Waals surface area contributed by atoms with Crippen molar-refractivity contribution in [1.29, 1.82) is 0 Å². The van der Waals surface area contributed by atoms with Gasteiger partial charge in [0.25, 0.3) is 0 Å². The lowest BCUT2D eigenvalue weighted by molar-refractivity contribution is 0.104. The number of halogens is 1. The molecule has 25 heavy (non-hydrogen) atoms. The lowest BCUT2D eigenvalue weighted by Gasteiger charge is -2.03. The van der Waals surface area contributed by atoms with Gasteiger partial charge in [0.1, 0.15) is 35.4 Å². The van der Waals surface area contributed by atoms with Crippen molar-refractivity contribution in [3.05, 3.63) is 77.8 Å². The van der Waals surface area contributed by atoms with Crippen LogP contribution in [-0.2, 0) is 13.2 Å². The van der Waals surface area contributed by atoms with E-state index in [-0.39, 0.29) is 18.2 Å². The van der Waals surface area contributed by atoms with Gasteiger partial charge in [-0.25, -0.2) is 4.39 Å². The topological polar surface area (TPSA) is 57.3 Å². The first kappa shape index (κ1) is 16.7. The Balaban J connectivity index is 1.57. The summed E-state index contributed by atoms with van der Waals surface area (Å²) < 4.78 is 25.6. The zero-order chi connectivity index (χ0) is 17.6. The maximum Gasteiger partial charge on any atom is 0.206 e. The third kappa shape index (κ3) is 4.44. The van der Waals surface area contributed by atoms with Gasteiger partial charge in [0.2, 0.25) is 5.78 Å². The maximum absolute atomic E-state index is 12.8. The molecule has 0 radical (unpaired) electrons. The van der Waals surface area contributed by atoms with Crippen LogP contribution in [0, 0.1) is 5.82 Å². The van der Waals surface area contributed by atoms with Crippen LogP contribution in [0.5, 0.6) is 5.75 Å². The minimum absolute atomic E-state index is 0.187. The van der Waals surface area contributed by atoms with Crippen LogP contribution in [0.1, 0.15) is 28.9 Å². The zero-order valence-electron chi connectivity index (χ0n) is 13.7. The molecule has 0 atom stereocenters. The summed E-state index contributed by atoms with van der Waals surface area (Å²) in [6.45, 7) is 2.89. The Kier molecular flexibility index (Phi) is 5.09. The van der Waals surface area contributed by atoms with Gasteiger partial charge in [-0.1, -0.05) is 0 Å². The van der Waals surface area contributed by atoms with E-state index < -0.39 is 0 Å². The van der Waals surface area contributed by atoms with E-state index in [9.17, 15) is 9.18 Å². The van der Waals surface area contributed by atoms with Crippen molar-refractivity contribution in [3.63, 3.8) is 0 Å². The number of carbonyl (C=O) groups is 1. The van der Waals surface area contributed by atoms with Gasteiger partial charge in [-0.05, 0) is 61.5 Å². The van der Waals surface area contributed by atoms with Gasteiger partial charge in [-0.2, -0.15) is 5.10 Å². The van der Waals surface area contributed by atoms with Crippen LogP contribution < -0.4 is 4.74 Å². The molecule has 6 heteroatoms. The van der Waals surface area contributed by atoms with E-state index in [0.29, 0.717) is 29.5 Å². The predicted molar refractivity (Wildman–Crippen MR) is 90.7 cm³/mol. The molecular formula is C19H17FN2O3. The molecule has 2 heterocycles. The third-order valence-electron chi connectivity index (χ3n) is 3.49. The Morgan fingerprint density at radius 3 is 2.76 bits per heavy atom. The van der Waals surface area contributed by atoms with Crippen molar-refractivity contribution < 1.29 is 18.3 Å². The first-order valence-electron chi connectivity index (χ1n) is 7.87. The van der Waals surface area contributed by atoms with Crippen molar-refractivity contribution >= 4 is 11.9 Å². The Hall–Kier alpha value is -3.15. The van der Waals surface area contributed by atoms with Gasteiger partial charge in [0.05, 0.1) is 0 Å². The molecule has 0 saturated heterocycles. The number of benzene rings is 1. The highest BCUT2D eigenvalue weighted by Crippen LogP contribution is 2.16. The first-order chi connectivity index (χ1) is 12.1. The van der Waals surface area contributed by atoms with E-state index in [2.05, 4.69) is 5.10 Å². The smallest absolute Gasteiger partial charge is 0.206 e. The first-order valence-corrected chi connectivity index (χ1v) is 7.87. The van der Waals surface area contributed by atoms with E-state index in [1.54, 1.807) is 47.3 Å². The highest BCUT2D eigenvalue weighted by atomic mass is 19.1. The van der Waals surface area contributed by atoms with Crippen LogP contribution in [0.2, 0.25) is 0 Å². The molecule has 0 saturated carbocycles. The second-order valence-corrected chi connectivity index (χ2v) is 5.30. The van der Waals surface area contributed by atoms with Crippen LogP contribution >= 0.6 is 0 Å². The van der Waals surface area contributed by atoms with Crippen LogP contribution in [-0.4, -0.2) is 15.6 Å². The van der Waals surface area contributed by atoms with E-state index in [1.807, 2.05) is 6.92 Å². The summed E-state index contributed by atoms with van der Waals surface area (Å²) in [6.07, 6.45) is 4.78. The summed E-state index contributed by atoms with van der Waals surface area (Å²) in [7, 11) is 0. The van der Waals surface area contributed by atoms with Gasteiger partial charge in [0, 0.05) is 12.7 Å². The molecule has 0 amide bonds. The number of ether oxygens (including phenoxy) is 1. The van der Waals surface area contributed by atoms with Gasteiger partial charge in [-0.15, -0.1) is 0 Å². The molecule has 128 valence electrons. The molecule has 0 aliphatic heterocycles. The fourth-order valence-electron chi connectivity index (χ4n) is 2.16. The van der Waals surface area contributed by atoms with Crippen molar-refractivity contribution in [2.24, 2.45) is 0 Å². The van der Waals surface area contributed by atoms with Crippen LogP contribution in [0.3, 0.4) is 0 Å². The molecule has 0 bridgehead atoms. The summed E-state index contributed by atoms with van der Waals surface area (Å²) >= 11 is 0. The van der Waals surface area contributed by atoms with E-state index >= 15 is 0 Å². The van der Waals surface area contributed by atoms with Gasteiger partial charge < -0.3 is 9.15 Å². The number of aromatic nitrogens is 2. The Labute approximate surface area is 144 Å². The highest BCUT2D eigenvalue weighted by Gasteiger charge is 2.06. The monoisotopic (exact) mass is 340 g/mol. The largest absolute Gasteiger partial charge is 0.486 e. The average Bonchev–Trinajstić information content (AvgIpc) is 3.28. The van der Waals surface area contributed by atoms with E-state index in [4.69, 9.17) is 9.15 Å². The van der Waals surface area contributed by atoms with Crippen molar-refractivity contribution in [3.8, 4) is 5.75 Å². The van der Waals surface area contributed by atoms with E-state index in [0.717, 1.165) is 0 Å². The lowest BCUT2D eigenvalue weighted by Crippen LogP contribution is -1.99. The fourth-order valence-corrected chi connectivity index (χ4v) is 2.16. The normalized spacial score (nSPS) is 11.1. The lowest BCUT2D eigenvalue weighted by atomic mass is 10.2. The maximum atomic E-state index is 12.8. The van der Waals surface area contributed by atoms with Crippen LogP contribution in [0.25, 0.3) is 6.08 Å².